The summed E-state index contributed by atoms with van der Waals surface area (Å²) >= 11 is 1.59. The molecule has 1 aromatic rings. The van der Waals surface area contributed by atoms with Crippen LogP contribution >= 0.6 is 11.3 Å². The minimum absolute atomic E-state index is 0.274. The molecule has 1 atom stereocenters. The Morgan fingerprint density at radius 3 is 2.67 bits per heavy atom. The predicted molar refractivity (Wildman–Crippen MR) is 62.8 cm³/mol. The van der Waals surface area contributed by atoms with Crippen molar-refractivity contribution in [3.63, 3.8) is 0 Å². The standard InChI is InChI=1S/C11H14F3NO2S/c1-7(5-9-4-3-8(2)18-9)15-10(16)17-6-11(12,13)14/h3-4,7H,5-6H2,1-2H3,(H,15,16). The summed E-state index contributed by atoms with van der Waals surface area (Å²) in [6, 6.07) is 3.61. The highest BCUT2D eigenvalue weighted by Gasteiger charge is 2.29. The van der Waals surface area contributed by atoms with Crippen LogP contribution in [0, 0.1) is 6.92 Å². The number of ether oxygens (including phenoxy) is 1. The van der Waals surface area contributed by atoms with Gasteiger partial charge in [-0.1, -0.05) is 0 Å². The van der Waals surface area contributed by atoms with E-state index in [4.69, 9.17) is 0 Å². The Labute approximate surface area is 107 Å². The Morgan fingerprint density at radius 2 is 2.17 bits per heavy atom. The fourth-order valence-corrected chi connectivity index (χ4v) is 2.36. The van der Waals surface area contributed by atoms with E-state index >= 15 is 0 Å². The van der Waals surface area contributed by atoms with Gasteiger partial charge in [-0.15, -0.1) is 11.3 Å². The van der Waals surface area contributed by atoms with Crippen LogP contribution in [-0.2, 0) is 11.2 Å². The summed E-state index contributed by atoms with van der Waals surface area (Å²) in [5, 5.41) is 2.36. The Bertz CT molecular complexity index is 403. The average Bonchev–Trinajstić information content (AvgIpc) is 2.59. The zero-order chi connectivity index (χ0) is 13.8. The van der Waals surface area contributed by atoms with E-state index in [0.717, 1.165) is 9.75 Å². The SMILES string of the molecule is Cc1ccc(CC(C)NC(=O)OCC(F)(F)F)s1. The van der Waals surface area contributed by atoms with Gasteiger partial charge in [0.05, 0.1) is 0 Å². The molecule has 3 nitrogen and oxygen atoms in total. The van der Waals surface area contributed by atoms with Crippen LogP contribution in [0.3, 0.4) is 0 Å². The molecule has 1 amide bonds. The fourth-order valence-electron chi connectivity index (χ4n) is 1.34. The largest absolute Gasteiger partial charge is 0.440 e. The second kappa shape index (κ2) is 6.08. The molecule has 0 aromatic carbocycles. The molecule has 0 saturated carbocycles. The van der Waals surface area contributed by atoms with Crippen molar-refractivity contribution in [3.05, 3.63) is 21.9 Å². The second-order valence-corrected chi connectivity index (χ2v) is 5.33. The molecule has 0 saturated heterocycles. The maximum Gasteiger partial charge on any atom is 0.422 e. The van der Waals surface area contributed by atoms with Gasteiger partial charge in [0.1, 0.15) is 0 Å². The molecule has 0 aliphatic carbocycles. The Kier molecular flexibility index (Phi) is 5.01. The van der Waals surface area contributed by atoms with Crippen molar-refractivity contribution in [1.82, 2.24) is 5.32 Å². The second-order valence-electron chi connectivity index (χ2n) is 3.95. The van der Waals surface area contributed by atoms with Crippen LogP contribution in [-0.4, -0.2) is 24.9 Å². The normalized spacial score (nSPS) is 13.2. The molecule has 0 bridgehead atoms. The van der Waals surface area contributed by atoms with Crippen molar-refractivity contribution in [2.45, 2.75) is 32.5 Å². The third kappa shape index (κ3) is 5.90. The van der Waals surface area contributed by atoms with Crippen LogP contribution in [0.25, 0.3) is 0 Å². The van der Waals surface area contributed by atoms with E-state index in [1.807, 2.05) is 19.1 Å². The van der Waals surface area contributed by atoms with Gasteiger partial charge in [-0.2, -0.15) is 13.2 Å². The minimum atomic E-state index is -4.49. The highest BCUT2D eigenvalue weighted by molar-refractivity contribution is 7.11. The number of rotatable bonds is 4. The number of carbonyl (C=O) groups is 1. The maximum absolute atomic E-state index is 11.8. The highest BCUT2D eigenvalue weighted by Crippen LogP contribution is 2.17. The lowest BCUT2D eigenvalue weighted by Crippen LogP contribution is -2.36. The molecule has 7 heteroatoms. The van der Waals surface area contributed by atoms with Crippen molar-refractivity contribution in [2.75, 3.05) is 6.61 Å². The number of nitrogens with one attached hydrogen (secondary N) is 1. The number of hydrogen-bond acceptors (Lipinski definition) is 3. The first-order valence-electron chi connectivity index (χ1n) is 5.31. The first-order valence-corrected chi connectivity index (χ1v) is 6.13. The van der Waals surface area contributed by atoms with Crippen LogP contribution in [0.2, 0.25) is 0 Å². The lowest BCUT2D eigenvalue weighted by molar-refractivity contribution is -0.160. The monoisotopic (exact) mass is 281 g/mol. The summed E-state index contributed by atoms with van der Waals surface area (Å²) in [7, 11) is 0. The lowest BCUT2D eigenvalue weighted by atomic mass is 10.2. The molecule has 1 unspecified atom stereocenters. The number of alkyl halides is 3. The summed E-state index contributed by atoms with van der Waals surface area (Å²) in [5.41, 5.74) is 0. The maximum atomic E-state index is 11.8. The number of thiophene rings is 1. The number of hydrogen-bond donors (Lipinski definition) is 1. The van der Waals surface area contributed by atoms with E-state index in [1.54, 1.807) is 18.3 Å². The summed E-state index contributed by atoms with van der Waals surface area (Å²) < 4.78 is 39.4. The van der Waals surface area contributed by atoms with Gasteiger partial charge in [-0.3, -0.25) is 0 Å². The van der Waals surface area contributed by atoms with Gasteiger partial charge >= 0.3 is 12.3 Å². The first kappa shape index (κ1) is 14.8. The van der Waals surface area contributed by atoms with Crippen molar-refractivity contribution in [3.8, 4) is 0 Å². The van der Waals surface area contributed by atoms with Crippen molar-refractivity contribution >= 4 is 17.4 Å². The topological polar surface area (TPSA) is 38.3 Å². The molecule has 102 valence electrons. The van der Waals surface area contributed by atoms with Gasteiger partial charge < -0.3 is 10.1 Å². The fraction of sp³-hybridized carbons (Fsp3) is 0.545. The van der Waals surface area contributed by atoms with Gasteiger partial charge in [0.25, 0.3) is 0 Å². The van der Waals surface area contributed by atoms with Crippen LogP contribution < -0.4 is 5.32 Å². The Hall–Kier alpha value is -1.24. The molecular weight excluding hydrogens is 267 g/mol. The molecule has 1 heterocycles. The third-order valence-corrected chi connectivity index (χ3v) is 3.06. The van der Waals surface area contributed by atoms with E-state index in [-0.39, 0.29) is 6.04 Å². The third-order valence-electron chi connectivity index (χ3n) is 2.03. The molecule has 18 heavy (non-hydrogen) atoms. The first-order chi connectivity index (χ1) is 8.26. The molecule has 1 N–H and O–H groups in total. The smallest absolute Gasteiger partial charge is 0.422 e. The van der Waals surface area contributed by atoms with Crippen LogP contribution in [0.1, 0.15) is 16.7 Å². The summed E-state index contributed by atoms with van der Waals surface area (Å²) in [5.74, 6) is 0. The van der Waals surface area contributed by atoms with Crippen molar-refractivity contribution in [2.24, 2.45) is 0 Å². The molecule has 0 spiro atoms. The lowest BCUT2D eigenvalue weighted by Gasteiger charge is -2.14. The van der Waals surface area contributed by atoms with Gasteiger partial charge in [0.2, 0.25) is 0 Å². The zero-order valence-electron chi connectivity index (χ0n) is 10.0. The van der Waals surface area contributed by atoms with Gasteiger partial charge in [0, 0.05) is 22.2 Å². The molecule has 1 aromatic heterocycles. The quantitative estimate of drug-likeness (QED) is 0.919. The summed E-state index contributed by atoms with van der Waals surface area (Å²) in [6.45, 7) is 2.11. The molecule has 0 aliphatic rings. The number of halogens is 3. The summed E-state index contributed by atoms with van der Waals surface area (Å²) in [6.07, 6.45) is -4.97. The van der Waals surface area contributed by atoms with Gasteiger partial charge in [0.15, 0.2) is 6.61 Å². The van der Waals surface area contributed by atoms with Crippen molar-refractivity contribution < 1.29 is 22.7 Å². The highest BCUT2D eigenvalue weighted by atomic mass is 32.1. The number of carbonyl (C=O) groups excluding carboxylic acids is 1. The van der Waals surface area contributed by atoms with E-state index in [2.05, 4.69) is 10.1 Å². The van der Waals surface area contributed by atoms with E-state index in [1.165, 1.54) is 0 Å². The molecule has 0 aliphatic heterocycles. The zero-order valence-corrected chi connectivity index (χ0v) is 10.8. The molecular formula is C11H14F3NO2S. The van der Waals surface area contributed by atoms with Gasteiger partial charge in [-0.05, 0) is 26.0 Å². The van der Waals surface area contributed by atoms with Crippen LogP contribution in [0.5, 0.6) is 0 Å². The van der Waals surface area contributed by atoms with Crippen LogP contribution in [0.4, 0.5) is 18.0 Å². The van der Waals surface area contributed by atoms with Crippen LogP contribution in [0.15, 0.2) is 12.1 Å². The van der Waals surface area contributed by atoms with E-state index < -0.39 is 18.9 Å². The van der Waals surface area contributed by atoms with E-state index in [0.29, 0.717) is 6.42 Å². The number of alkyl carbamates (subject to hydrolysis) is 1. The molecule has 0 radical (unpaired) electrons. The predicted octanol–water partition coefficient (Wildman–Crippen LogP) is 3.28. The Morgan fingerprint density at radius 1 is 1.50 bits per heavy atom. The van der Waals surface area contributed by atoms with Crippen molar-refractivity contribution in [1.29, 1.82) is 0 Å². The Balaban J connectivity index is 2.31. The summed E-state index contributed by atoms with van der Waals surface area (Å²) in [4.78, 5) is 13.3. The average molecular weight is 281 g/mol. The number of amides is 1. The van der Waals surface area contributed by atoms with Gasteiger partial charge in [-0.25, -0.2) is 4.79 Å². The molecule has 0 fully saturated rings. The number of aryl methyl sites for hydroxylation is 1. The van der Waals surface area contributed by atoms with E-state index in [9.17, 15) is 18.0 Å². The molecule has 1 rings (SSSR count). The minimum Gasteiger partial charge on any atom is -0.440 e.